The van der Waals surface area contributed by atoms with E-state index in [4.69, 9.17) is 0 Å². The number of carbonyl (C=O) groups is 2. The van der Waals surface area contributed by atoms with Crippen molar-refractivity contribution in [3.8, 4) is 0 Å². The lowest BCUT2D eigenvalue weighted by Crippen LogP contribution is -2.46. The molecular formula is C15H18N2O3. The zero-order valence-corrected chi connectivity index (χ0v) is 11.2. The molecule has 2 N–H and O–H groups in total. The molecule has 0 bridgehead atoms. The molecule has 106 valence electrons. The zero-order chi connectivity index (χ0) is 14.5. The van der Waals surface area contributed by atoms with Gasteiger partial charge in [0.05, 0.1) is 12.5 Å². The number of carboxylic acid groups (broad SMARTS) is 1. The van der Waals surface area contributed by atoms with Crippen LogP contribution in [-0.2, 0) is 16.0 Å². The fourth-order valence-electron chi connectivity index (χ4n) is 2.37. The summed E-state index contributed by atoms with van der Waals surface area (Å²) in [5.41, 5.74) is 1.72. The van der Waals surface area contributed by atoms with E-state index in [1.807, 2.05) is 24.3 Å². The number of nitrogens with one attached hydrogen (secondary N) is 1. The summed E-state index contributed by atoms with van der Waals surface area (Å²) in [6, 6.07) is 7.46. The molecule has 20 heavy (non-hydrogen) atoms. The lowest BCUT2D eigenvalue weighted by atomic mass is 9.92. The number of aliphatic carboxylic acids is 1. The predicted octanol–water partition coefficient (Wildman–Crippen LogP) is 1.05. The number of para-hydroxylation sites is 1. The largest absolute Gasteiger partial charge is 0.481 e. The molecule has 0 fully saturated rings. The molecule has 0 aliphatic carbocycles. The van der Waals surface area contributed by atoms with Gasteiger partial charge < -0.3 is 15.3 Å². The van der Waals surface area contributed by atoms with Crippen LogP contribution >= 0.6 is 0 Å². The number of hydrogen-bond donors (Lipinski definition) is 2. The summed E-state index contributed by atoms with van der Waals surface area (Å²) in [6.07, 6.45) is 2.15. The molecular weight excluding hydrogens is 256 g/mol. The lowest BCUT2D eigenvalue weighted by molar-refractivity contribution is -0.141. The van der Waals surface area contributed by atoms with Crippen LogP contribution in [0.2, 0.25) is 0 Å². The predicted molar refractivity (Wildman–Crippen MR) is 76.7 cm³/mol. The maximum atomic E-state index is 12.2. The van der Waals surface area contributed by atoms with E-state index in [1.54, 1.807) is 11.0 Å². The van der Waals surface area contributed by atoms with Crippen molar-refractivity contribution in [3.63, 3.8) is 0 Å². The van der Waals surface area contributed by atoms with E-state index in [0.29, 0.717) is 13.0 Å². The molecule has 1 amide bonds. The average molecular weight is 274 g/mol. The Morgan fingerprint density at radius 1 is 1.45 bits per heavy atom. The fourth-order valence-corrected chi connectivity index (χ4v) is 2.37. The minimum Gasteiger partial charge on any atom is -0.481 e. The molecule has 0 saturated carbocycles. The Bertz CT molecular complexity index is 528. The van der Waals surface area contributed by atoms with Crippen LogP contribution in [0.4, 0.5) is 5.69 Å². The highest BCUT2D eigenvalue weighted by Crippen LogP contribution is 2.29. The number of fused-ring (bicyclic) bond motifs is 1. The Kier molecular flexibility index (Phi) is 4.53. The van der Waals surface area contributed by atoms with Crippen molar-refractivity contribution < 1.29 is 14.7 Å². The second-order valence-electron chi connectivity index (χ2n) is 4.79. The molecule has 2 rings (SSSR count). The molecule has 0 saturated heterocycles. The highest BCUT2D eigenvalue weighted by molar-refractivity contribution is 5.97. The van der Waals surface area contributed by atoms with Gasteiger partial charge in [0.15, 0.2) is 0 Å². The maximum Gasteiger partial charge on any atom is 0.308 e. The first-order chi connectivity index (χ1) is 9.63. The SMILES string of the molecule is C=CCNCC(=O)N1CC(C(=O)O)Cc2ccccc21. The number of nitrogens with zero attached hydrogens (tertiary/aromatic N) is 1. The van der Waals surface area contributed by atoms with Gasteiger partial charge in [0.25, 0.3) is 0 Å². The van der Waals surface area contributed by atoms with Crippen LogP contribution in [0.1, 0.15) is 5.56 Å². The first-order valence-electron chi connectivity index (χ1n) is 6.56. The Hall–Kier alpha value is -2.14. The van der Waals surface area contributed by atoms with E-state index < -0.39 is 11.9 Å². The molecule has 5 nitrogen and oxygen atoms in total. The third-order valence-electron chi connectivity index (χ3n) is 3.37. The van der Waals surface area contributed by atoms with Crippen molar-refractivity contribution in [2.24, 2.45) is 5.92 Å². The van der Waals surface area contributed by atoms with E-state index in [2.05, 4.69) is 11.9 Å². The Morgan fingerprint density at radius 2 is 2.20 bits per heavy atom. The first-order valence-corrected chi connectivity index (χ1v) is 6.56. The van der Waals surface area contributed by atoms with Gasteiger partial charge in [0, 0.05) is 18.8 Å². The third kappa shape index (κ3) is 3.05. The summed E-state index contributed by atoms with van der Waals surface area (Å²) in [5.74, 6) is -1.53. The van der Waals surface area contributed by atoms with Gasteiger partial charge in [-0.1, -0.05) is 24.3 Å². The number of amides is 1. The number of rotatable bonds is 5. The Labute approximate surface area is 117 Å². The molecule has 1 heterocycles. The summed E-state index contributed by atoms with van der Waals surface area (Å²) in [6.45, 7) is 4.52. The second-order valence-corrected chi connectivity index (χ2v) is 4.79. The minimum absolute atomic E-state index is 0.120. The van der Waals surface area contributed by atoms with Gasteiger partial charge in [-0.05, 0) is 18.1 Å². The Balaban J connectivity index is 2.20. The third-order valence-corrected chi connectivity index (χ3v) is 3.37. The molecule has 0 radical (unpaired) electrons. The van der Waals surface area contributed by atoms with Crippen LogP contribution < -0.4 is 10.2 Å². The van der Waals surface area contributed by atoms with Gasteiger partial charge in [-0.3, -0.25) is 9.59 Å². The van der Waals surface area contributed by atoms with Gasteiger partial charge in [-0.25, -0.2) is 0 Å². The monoisotopic (exact) mass is 274 g/mol. The van der Waals surface area contributed by atoms with Crippen LogP contribution in [0.25, 0.3) is 0 Å². The van der Waals surface area contributed by atoms with Crippen LogP contribution in [0.3, 0.4) is 0 Å². The summed E-state index contributed by atoms with van der Waals surface area (Å²) < 4.78 is 0. The smallest absolute Gasteiger partial charge is 0.308 e. The van der Waals surface area contributed by atoms with Crippen molar-refractivity contribution >= 4 is 17.6 Å². The number of carbonyl (C=O) groups excluding carboxylic acids is 1. The molecule has 1 aromatic carbocycles. The molecule has 1 unspecified atom stereocenters. The zero-order valence-electron chi connectivity index (χ0n) is 11.2. The van der Waals surface area contributed by atoms with Crippen LogP contribution in [0.5, 0.6) is 0 Å². The van der Waals surface area contributed by atoms with Crippen molar-refractivity contribution in [1.82, 2.24) is 5.32 Å². The van der Waals surface area contributed by atoms with Gasteiger partial charge in [0.1, 0.15) is 0 Å². The van der Waals surface area contributed by atoms with Crippen LogP contribution in [0, 0.1) is 5.92 Å². The summed E-state index contributed by atoms with van der Waals surface area (Å²) in [5, 5.41) is 12.2. The number of hydrogen-bond acceptors (Lipinski definition) is 3. The molecule has 1 aromatic rings. The van der Waals surface area contributed by atoms with Crippen molar-refractivity contribution in [1.29, 1.82) is 0 Å². The van der Waals surface area contributed by atoms with Crippen molar-refractivity contribution in [2.45, 2.75) is 6.42 Å². The molecule has 1 aliphatic heterocycles. The minimum atomic E-state index is -0.864. The number of benzene rings is 1. The van der Waals surface area contributed by atoms with Gasteiger partial charge >= 0.3 is 5.97 Å². The maximum absolute atomic E-state index is 12.2. The highest BCUT2D eigenvalue weighted by Gasteiger charge is 2.31. The molecule has 1 aliphatic rings. The van der Waals surface area contributed by atoms with Gasteiger partial charge in [-0.15, -0.1) is 6.58 Å². The van der Waals surface area contributed by atoms with Crippen molar-refractivity contribution in [2.75, 3.05) is 24.5 Å². The van der Waals surface area contributed by atoms with Gasteiger partial charge in [-0.2, -0.15) is 0 Å². The molecule has 1 atom stereocenters. The van der Waals surface area contributed by atoms with E-state index >= 15 is 0 Å². The van der Waals surface area contributed by atoms with E-state index in [1.165, 1.54) is 0 Å². The van der Waals surface area contributed by atoms with Gasteiger partial charge in [0.2, 0.25) is 5.91 Å². The quantitative estimate of drug-likeness (QED) is 0.622. The fraction of sp³-hybridized carbons (Fsp3) is 0.333. The standard InChI is InChI=1S/C15H18N2O3/c1-2-7-16-9-14(18)17-10-12(15(19)20)8-11-5-3-4-6-13(11)17/h2-6,12,16H,1,7-10H2,(H,19,20). The summed E-state index contributed by atoms with van der Waals surface area (Å²) in [7, 11) is 0. The molecule has 0 aromatic heterocycles. The van der Waals surface area contributed by atoms with Crippen LogP contribution in [0.15, 0.2) is 36.9 Å². The molecule has 0 spiro atoms. The normalized spacial score (nSPS) is 17.4. The second kappa shape index (κ2) is 6.34. The first kappa shape index (κ1) is 14.3. The number of anilines is 1. The van der Waals surface area contributed by atoms with E-state index in [0.717, 1.165) is 11.3 Å². The topological polar surface area (TPSA) is 69.6 Å². The average Bonchev–Trinajstić information content (AvgIpc) is 2.46. The van der Waals surface area contributed by atoms with Crippen molar-refractivity contribution in [3.05, 3.63) is 42.5 Å². The van der Waals surface area contributed by atoms with Crippen LogP contribution in [-0.4, -0.2) is 36.6 Å². The number of carboxylic acids is 1. The highest BCUT2D eigenvalue weighted by atomic mass is 16.4. The van der Waals surface area contributed by atoms with E-state index in [-0.39, 0.29) is 19.0 Å². The summed E-state index contributed by atoms with van der Waals surface area (Å²) >= 11 is 0. The lowest BCUT2D eigenvalue weighted by Gasteiger charge is -2.33. The van der Waals surface area contributed by atoms with E-state index in [9.17, 15) is 14.7 Å². The Morgan fingerprint density at radius 3 is 2.90 bits per heavy atom. The molecule has 5 heteroatoms. The summed E-state index contributed by atoms with van der Waals surface area (Å²) in [4.78, 5) is 25.0.